The second-order valence-corrected chi connectivity index (χ2v) is 3.60. The molecular weight excluding hydrogens is 176 g/mol. The molecule has 0 bridgehead atoms. The molecule has 0 fully saturated rings. The molecule has 2 N–H and O–H groups in total. The maximum absolute atomic E-state index is 9.18. The standard InChI is InChI=1S/C11H16N2O/c1-12-8-13-6-5-10-9(7-14)3-2-4-11(10)13/h2-4,12,14H,5-8H2,1H3. The number of rotatable bonds is 3. The third kappa shape index (κ3) is 1.49. The summed E-state index contributed by atoms with van der Waals surface area (Å²) in [5, 5.41) is 12.3. The Morgan fingerprint density at radius 3 is 3.07 bits per heavy atom. The molecule has 14 heavy (non-hydrogen) atoms. The molecule has 1 aliphatic heterocycles. The molecule has 0 radical (unpaired) electrons. The summed E-state index contributed by atoms with van der Waals surface area (Å²) in [6.07, 6.45) is 1.05. The van der Waals surface area contributed by atoms with Crippen LogP contribution in [0, 0.1) is 0 Å². The lowest BCUT2D eigenvalue weighted by Gasteiger charge is -2.18. The van der Waals surface area contributed by atoms with Gasteiger partial charge in [-0.05, 0) is 30.7 Å². The van der Waals surface area contributed by atoms with E-state index in [1.165, 1.54) is 11.3 Å². The van der Waals surface area contributed by atoms with Gasteiger partial charge in [0.1, 0.15) is 0 Å². The largest absolute Gasteiger partial charge is 0.392 e. The highest BCUT2D eigenvalue weighted by molar-refractivity contribution is 5.60. The lowest BCUT2D eigenvalue weighted by molar-refractivity contribution is 0.281. The van der Waals surface area contributed by atoms with Gasteiger partial charge < -0.3 is 15.3 Å². The van der Waals surface area contributed by atoms with Gasteiger partial charge in [-0.1, -0.05) is 12.1 Å². The number of fused-ring (bicyclic) bond motifs is 1. The van der Waals surface area contributed by atoms with Gasteiger partial charge in [0.05, 0.1) is 13.3 Å². The van der Waals surface area contributed by atoms with Crippen LogP contribution in [0.4, 0.5) is 5.69 Å². The molecular formula is C11H16N2O. The second-order valence-electron chi connectivity index (χ2n) is 3.60. The summed E-state index contributed by atoms with van der Waals surface area (Å²) in [5.41, 5.74) is 3.65. The summed E-state index contributed by atoms with van der Waals surface area (Å²) in [6, 6.07) is 6.14. The van der Waals surface area contributed by atoms with Crippen molar-refractivity contribution >= 4 is 5.69 Å². The Kier molecular flexibility index (Phi) is 2.70. The first-order chi connectivity index (χ1) is 6.86. The molecule has 76 valence electrons. The van der Waals surface area contributed by atoms with Crippen molar-refractivity contribution in [1.29, 1.82) is 0 Å². The molecule has 0 aromatic heterocycles. The number of benzene rings is 1. The van der Waals surface area contributed by atoms with Crippen molar-refractivity contribution < 1.29 is 5.11 Å². The maximum atomic E-state index is 9.18. The van der Waals surface area contributed by atoms with Gasteiger partial charge in [-0.25, -0.2) is 0 Å². The van der Waals surface area contributed by atoms with E-state index in [0.717, 1.165) is 25.2 Å². The van der Waals surface area contributed by atoms with Gasteiger partial charge in [0.25, 0.3) is 0 Å². The van der Waals surface area contributed by atoms with E-state index in [1.807, 2.05) is 19.2 Å². The molecule has 0 saturated heterocycles. The van der Waals surface area contributed by atoms with Crippen LogP contribution >= 0.6 is 0 Å². The van der Waals surface area contributed by atoms with Crippen LogP contribution < -0.4 is 10.2 Å². The van der Waals surface area contributed by atoms with Gasteiger partial charge in [-0.3, -0.25) is 0 Å². The molecule has 1 heterocycles. The first-order valence-electron chi connectivity index (χ1n) is 4.98. The molecule has 0 spiro atoms. The van der Waals surface area contributed by atoms with Crippen LogP contribution in [0.25, 0.3) is 0 Å². The number of anilines is 1. The number of nitrogens with one attached hydrogen (secondary N) is 1. The summed E-state index contributed by atoms with van der Waals surface area (Å²) in [6.45, 7) is 2.08. The fourth-order valence-corrected chi connectivity index (χ4v) is 2.08. The molecule has 1 aliphatic rings. The van der Waals surface area contributed by atoms with Crippen LogP contribution in [0.5, 0.6) is 0 Å². The van der Waals surface area contributed by atoms with E-state index in [2.05, 4.69) is 16.3 Å². The van der Waals surface area contributed by atoms with Crippen LogP contribution in [0.15, 0.2) is 18.2 Å². The summed E-state index contributed by atoms with van der Waals surface area (Å²) < 4.78 is 0. The number of nitrogens with zero attached hydrogens (tertiary/aromatic N) is 1. The summed E-state index contributed by atoms with van der Waals surface area (Å²) in [7, 11) is 1.95. The first kappa shape index (κ1) is 9.49. The minimum atomic E-state index is 0.149. The van der Waals surface area contributed by atoms with E-state index in [1.54, 1.807) is 0 Å². The van der Waals surface area contributed by atoms with Crippen molar-refractivity contribution in [2.24, 2.45) is 0 Å². The van der Waals surface area contributed by atoms with Gasteiger partial charge in [0.15, 0.2) is 0 Å². The van der Waals surface area contributed by atoms with Gasteiger partial charge in [-0.15, -0.1) is 0 Å². The number of aliphatic hydroxyl groups excluding tert-OH is 1. The lowest BCUT2D eigenvalue weighted by Crippen LogP contribution is -2.30. The van der Waals surface area contributed by atoms with Crippen molar-refractivity contribution in [2.45, 2.75) is 13.0 Å². The highest BCUT2D eigenvalue weighted by Gasteiger charge is 2.19. The highest BCUT2D eigenvalue weighted by Crippen LogP contribution is 2.29. The van der Waals surface area contributed by atoms with Crippen molar-refractivity contribution in [2.75, 3.05) is 25.2 Å². The van der Waals surface area contributed by atoms with E-state index < -0.39 is 0 Å². The molecule has 3 heteroatoms. The molecule has 0 unspecified atom stereocenters. The Balaban J connectivity index is 2.31. The highest BCUT2D eigenvalue weighted by atomic mass is 16.3. The minimum Gasteiger partial charge on any atom is -0.392 e. The minimum absolute atomic E-state index is 0.149. The molecule has 2 rings (SSSR count). The normalized spacial score (nSPS) is 14.6. The molecule has 3 nitrogen and oxygen atoms in total. The van der Waals surface area contributed by atoms with E-state index in [-0.39, 0.29) is 6.61 Å². The average molecular weight is 192 g/mol. The van der Waals surface area contributed by atoms with Gasteiger partial charge >= 0.3 is 0 Å². The molecule has 1 aromatic rings. The topological polar surface area (TPSA) is 35.5 Å². The van der Waals surface area contributed by atoms with Crippen molar-refractivity contribution in [3.63, 3.8) is 0 Å². The van der Waals surface area contributed by atoms with Crippen LogP contribution in [0.1, 0.15) is 11.1 Å². The second kappa shape index (κ2) is 3.98. The molecule has 0 amide bonds. The van der Waals surface area contributed by atoms with Crippen molar-refractivity contribution in [3.05, 3.63) is 29.3 Å². The Morgan fingerprint density at radius 2 is 2.36 bits per heavy atom. The summed E-state index contributed by atoms with van der Waals surface area (Å²) in [5.74, 6) is 0. The van der Waals surface area contributed by atoms with Crippen LogP contribution in [-0.4, -0.2) is 25.4 Å². The third-order valence-corrected chi connectivity index (χ3v) is 2.74. The lowest BCUT2D eigenvalue weighted by atomic mass is 10.1. The quantitative estimate of drug-likeness (QED) is 0.740. The van der Waals surface area contributed by atoms with E-state index in [4.69, 9.17) is 0 Å². The van der Waals surface area contributed by atoms with Crippen molar-refractivity contribution in [1.82, 2.24) is 5.32 Å². The molecule has 0 aliphatic carbocycles. The maximum Gasteiger partial charge on any atom is 0.0685 e. The summed E-state index contributed by atoms with van der Waals surface area (Å²) in [4.78, 5) is 2.30. The van der Waals surface area contributed by atoms with Gasteiger partial charge in [-0.2, -0.15) is 0 Å². The van der Waals surface area contributed by atoms with Crippen LogP contribution in [0.3, 0.4) is 0 Å². The third-order valence-electron chi connectivity index (χ3n) is 2.74. The zero-order valence-electron chi connectivity index (χ0n) is 8.45. The average Bonchev–Trinajstić information content (AvgIpc) is 2.62. The Labute approximate surface area is 84.4 Å². The fraction of sp³-hybridized carbons (Fsp3) is 0.455. The van der Waals surface area contributed by atoms with Gasteiger partial charge in [0.2, 0.25) is 0 Å². The molecule has 0 saturated carbocycles. The Hall–Kier alpha value is -1.06. The van der Waals surface area contributed by atoms with E-state index >= 15 is 0 Å². The monoisotopic (exact) mass is 192 g/mol. The predicted molar refractivity (Wildman–Crippen MR) is 57.3 cm³/mol. The smallest absolute Gasteiger partial charge is 0.0685 e. The Bertz CT molecular complexity index is 325. The predicted octanol–water partition coefficient (Wildman–Crippen LogP) is 0.718. The zero-order chi connectivity index (χ0) is 9.97. The van der Waals surface area contributed by atoms with Crippen molar-refractivity contribution in [3.8, 4) is 0 Å². The van der Waals surface area contributed by atoms with E-state index in [0.29, 0.717) is 0 Å². The number of hydrogen-bond donors (Lipinski definition) is 2. The fourth-order valence-electron chi connectivity index (χ4n) is 2.08. The molecule has 0 atom stereocenters. The number of aliphatic hydroxyl groups is 1. The summed E-state index contributed by atoms with van der Waals surface area (Å²) >= 11 is 0. The molecule has 1 aromatic carbocycles. The Morgan fingerprint density at radius 1 is 1.50 bits per heavy atom. The van der Waals surface area contributed by atoms with Crippen LogP contribution in [0.2, 0.25) is 0 Å². The van der Waals surface area contributed by atoms with Gasteiger partial charge in [0, 0.05) is 12.2 Å². The van der Waals surface area contributed by atoms with E-state index in [9.17, 15) is 5.11 Å². The zero-order valence-corrected chi connectivity index (χ0v) is 8.45. The first-order valence-corrected chi connectivity index (χ1v) is 4.98. The number of hydrogen-bond acceptors (Lipinski definition) is 3. The van der Waals surface area contributed by atoms with Crippen LogP contribution in [-0.2, 0) is 13.0 Å². The SMILES string of the molecule is CNCN1CCc2c(CO)cccc21.